The highest BCUT2D eigenvalue weighted by Crippen LogP contribution is 2.42. The van der Waals surface area contributed by atoms with Crippen LogP contribution in [0.1, 0.15) is 33.4 Å². The molecule has 0 spiro atoms. The number of methoxy groups -OCH3 is 1. The molecule has 3 aromatic heterocycles. The van der Waals surface area contributed by atoms with Gasteiger partial charge in [0.25, 0.3) is 5.91 Å². The van der Waals surface area contributed by atoms with Crippen LogP contribution in [0.2, 0.25) is 0 Å². The van der Waals surface area contributed by atoms with Gasteiger partial charge < -0.3 is 14.6 Å². The number of H-pyrrole nitrogens is 2. The normalized spacial score (nSPS) is 15.1. The van der Waals surface area contributed by atoms with Crippen molar-refractivity contribution in [3.05, 3.63) is 102 Å². The van der Waals surface area contributed by atoms with E-state index in [1.807, 2.05) is 71.8 Å². The third-order valence-corrected chi connectivity index (χ3v) is 6.42. The largest absolute Gasteiger partial charge is 0.497 e. The molecule has 1 atom stereocenters. The lowest BCUT2D eigenvalue weighted by Crippen LogP contribution is -2.31. The third-order valence-electron chi connectivity index (χ3n) is 6.42. The first-order chi connectivity index (χ1) is 16.7. The molecule has 0 saturated carbocycles. The van der Waals surface area contributed by atoms with Gasteiger partial charge in [-0.05, 0) is 35.9 Å². The molecule has 0 fully saturated rings. The van der Waals surface area contributed by atoms with Crippen molar-refractivity contribution in [1.29, 1.82) is 0 Å². The van der Waals surface area contributed by atoms with E-state index in [9.17, 15) is 4.79 Å². The molecule has 2 N–H and O–H groups in total. The quantitative estimate of drug-likeness (QED) is 0.392. The fourth-order valence-corrected chi connectivity index (χ4v) is 4.80. The second-order valence-electron chi connectivity index (χ2n) is 8.41. The molecule has 1 unspecified atom stereocenters. The number of amides is 1. The van der Waals surface area contributed by atoms with E-state index in [-0.39, 0.29) is 11.9 Å². The highest BCUT2D eigenvalue weighted by atomic mass is 16.5. The Morgan fingerprint density at radius 3 is 2.74 bits per heavy atom. The summed E-state index contributed by atoms with van der Waals surface area (Å²) in [6.07, 6.45) is 4.27. The van der Waals surface area contributed by atoms with Crippen LogP contribution in [0.15, 0.2) is 79.1 Å². The molecule has 1 aliphatic heterocycles. The van der Waals surface area contributed by atoms with Gasteiger partial charge in [0.05, 0.1) is 18.8 Å². The van der Waals surface area contributed by atoms with Crippen LogP contribution in [0.25, 0.3) is 22.2 Å². The zero-order valence-corrected chi connectivity index (χ0v) is 18.7. The topological polar surface area (TPSA) is 86.9 Å². The van der Waals surface area contributed by atoms with Crippen LogP contribution in [0.4, 0.5) is 0 Å². The average molecular weight is 450 g/mol. The summed E-state index contributed by atoms with van der Waals surface area (Å²) in [5.41, 5.74) is 6.33. The number of ether oxygens (including phenoxy) is 1. The van der Waals surface area contributed by atoms with Crippen molar-refractivity contribution in [2.45, 2.75) is 12.5 Å². The fourth-order valence-electron chi connectivity index (χ4n) is 4.80. The zero-order chi connectivity index (χ0) is 23.1. The van der Waals surface area contributed by atoms with Crippen LogP contribution in [0, 0.1) is 0 Å². The summed E-state index contributed by atoms with van der Waals surface area (Å²) < 4.78 is 5.34. The van der Waals surface area contributed by atoms with Gasteiger partial charge in [0, 0.05) is 53.1 Å². The SMILES string of the molecule is COc1ccc2[nH]c(CCN3C(=O)c4[nH]nc(-c5ccccc5)c4C3c3cccnc3)cc2c1. The molecule has 0 bridgehead atoms. The van der Waals surface area contributed by atoms with E-state index in [0.29, 0.717) is 18.7 Å². The van der Waals surface area contributed by atoms with Crippen LogP contribution >= 0.6 is 0 Å². The Morgan fingerprint density at radius 2 is 1.94 bits per heavy atom. The van der Waals surface area contributed by atoms with Crippen molar-refractivity contribution in [2.75, 3.05) is 13.7 Å². The maximum absolute atomic E-state index is 13.5. The Kier molecular flexibility index (Phi) is 4.87. The maximum atomic E-state index is 13.5. The number of nitrogens with zero attached hydrogens (tertiary/aromatic N) is 3. The molecule has 1 aliphatic rings. The molecule has 4 heterocycles. The number of carbonyl (C=O) groups excluding carboxylic acids is 1. The van der Waals surface area contributed by atoms with E-state index in [1.165, 1.54) is 0 Å². The summed E-state index contributed by atoms with van der Waals surface area (Å²) in [5, 5.41) is 8.62. The first-order valence-corrected chi connectivity index (χ1v) is 11.2. The highest BCUT2D eigenvalue weighted by molar-refractivity contribution is 6.00. The number of benzene rings is 2. The van der Waals surface area contributed by atoms with Gasteiger partial charge in [-0.15, -0.1) is 0 Å². The number of hydrogen-bond acceptors (Lipinski definition) is 4. The van der Waals surface area contributed by atoms with Crippen molar-refractivity contribution in [3.8, 4) is 17.0 Å². The number of carbonyl (C=O) groups is 1. The summed E-state index contributed by atoms with van der Waals surface area (Å²) in [6.45, 7) is 0.555. The monoisotopic (exact) mass is 449 g/mol. The summed E-state index contributed by atoms with van der Waals surface area (Å²) in [5.74, 6) is 0.778. The molecule has 7 heteroatoms. The van der Waals surface area contributed by atoms with Gasteiger partial charge in [-0.25, -0.2) is 0 Å². The molecule has 7 nitrogen and oxygen atoms in total. The van der Waals surface area contributed by atoms with E-state index < -0.39 is 0 Å². The summed E-state index contributed by atoms with van der Waals surface area (Å²) in [4.78, 5) is 23.2. The molecule has 168 valence electrons. The highest BCUT2D eigenvalue weighted by Gasteiger charge is 2.42. The number of aromatic nitrogens is 4. The molecule has 0 saturated heterocycles. The van der Waals surface area contributed by atoms with E-state index in [1.54, 1.807) is 13.3 Å². The Hall–Kier alpha value is -4.39. The lowest BCUT2D eigenvalue weighted by Gasteiger charge is -2.26. The van der Waals surface area contributed by atoms with Gasteiger partial charge in [0.2, 0.25) is 0 Å². The van der Waals surface area contributed by atoms with Crippen LogP contribution in [0.5, 0.6) is 5.75 Å². The molecule has 0 aliphatic carbocycles. The Labute approximate surface area is 196 Å². The van der Waals surface area contributed by atoms with Crippen LogP contribution in [-0.2, 0) is 6.42 Å². The van der Waals surface area contributed by atoms with Crippen molar-refractivity contribution in [1.82, 2.24) is 25.1 Å². The lowest BCUT2D eigenvalue weighted by molar-refractivity contribution is 0.0745. The number of fused-ring (bicyclic) bond motifs is 2. The third kappa shape index (κ3) is 3.33. The van der Waals surface area contributed by atoms with Gasteiger partial charge in [-0.1, -0.05) is 36.4 Å². The number of pyridine rings is 1. The minimum absolute atomic E-state index is 0.0451. The lowest BCUT2D eigenvalue weighted by atomic mass is 9.97. The van der Waals surface area contributed by atoms with Gasteiger partial charge in [-0.3, -0.25) is 14.9 Å². The second kappa shape index (κ2) is 8.19. The molecule has 1 amide bonds. The second-order valence-corrected chi connectivity index (χ2v) is 8.41. The van der Waals surface area contributed by atoms with Crippen molar-refractivity contribution < 1.29 is 9.53 Å². The van der Waals surface area contributed by atoms with Crippen LogP contribution in [-0.4, -0.2) is 44.6 Å². The fraction of sp³-hybridized carbons (Fsp3) is 0.148. The predicted octanol–water partition coefficient (Wildman–Crippen LogP) is 4.75. The molecule has 0 radical (unpaired) electrons. The summed E-state index contributed by atoms with van der Waals surface area (Å²) >= 11 is 0. The number of hydrogen-bond donors (Lipinski definition) is 2. The first kappa shape index (κ1) is 20.2. The molecule has 34 heavy (non-hydrogen) atoms. The minimum Gasteiger partial charge on any atom is -0.497 e. The molecular weight excluding hydrogens is 426 g/mol. The maximum Gasteiger partial charge on any atom is 0.273 e. The van der Waals surface area contributed by atoms with Gasteiger partial charge in [0.15, 0.2) is 0 Å². The molecule has 2 aromatic carbocycles. The average Bonchev–Trinajstić information content (AvgIpc) is 3.57. The minimum atomic E-state index is -0.255. The number of rotatable bonds is 6. The summed E-state index contributed by atoms with van der Waals surface area (Å²) in [7, 11) is 1.67. The van der Waals surface area contributed by atoms with Gasteiger partial charge in [-0.2, -0.15) is 5.10 Å². The standard InChI is InChI=1S/C27H23N5O2/c1-34-21-9-10-22-19(15-21)14-20(29-22)11-13-32-26(18-8-5-12-28-16-18)23-24(17-6-3-2-4-7-17)30-31-25(23)27(32)33/h2-10,12,14-16,26,29H,11,13H2,1H3,(H,30,31). The van der Waals surface area contributed by atoms with Crippen molar-refractivity contribution in [3.63, 3.8) is 0 Å². The van der Waals surface area contributed by atoms with E-state index >= 15 is 0 Å². The summed E-state index contributed by atoms with van der Waals surface area (Å²) in [6, 6.07) is 21.7. The Bertz CT molecular complexity index is 1470. The van der Waals surface area contributed by atoms with Gasteiger partial charge in [0.1, 0.15) is 11.4 Å². The van der Waals surface area contributed by atoms with Crippen LogP contribution < -0.4 is 4.74 Å². The molecule has 5 aromatic rings. The van der Waals surface area contributed by atoms with E-state index in [0.717, 1.165) is 44.7 Å². The van der Waals surface area contributed by atoms with E-state index in [4.69, 9.17) is 4.74 Å². The van der Waals surface area contributed by atoms with Crippen molar-refractivity contribution in [2.24, 2.45) is 0 Å². The molecule has 6 rings (SSSR count). The number of aromatic amines is 2. The van der Waals surface area contributed by atoms with E-state index in [2.05, 4.69) is 26.2 Å². The van der Waals surface area contributed by atoms with Crippen molar-refractivity contribution >= 4 is 16.8 Å². The first-order valence-electron chi connectivity index (χ1n) is 11.2. The predicted molar refractivity (Wildman–Crippen MR) is 130 cm³/mol. The molecular formula is C27H23N5O2. The smallest absolute Gasteiger partial charge is 0.273 e. The Balaban J connectivity index is 1.36. The van der Waals surface area contributed by atoms with Gasteiger partial charge >= 0.3 is 0 Å². The zero-order valence-electron chi connectivity index (χ0n) is 18.7. The number of nitrogens with one attached hydrogen (secondary N) is 2. The Morgan fingerprint density at radius 1 is 1.06 bits per heavy atom. The van der Waals surface area contributed by atoms with Crippen LogP contribution in [0.3, 0.4) is 0 Å².